The number of aromatic nitrogens is 1. The van der Waals surface area contributed by atoms with Gasteiger partial charge in [-0.15, -0.1) is 0 Å². The van der Waals surface area contributed by atoms with E-state index in [2.05, 4.69) is 49.2 Å². The van der Waals surface area contributed by atoms with Crippen LogP contribution < -0.4 is 4.74 Å². The third-order valence-corrected chi connectivity index (χ3v) is 2.99. The van der Waals surface area contributed by atoms with Gasteiger partial charge < -0.3 is 14.6 Å². The van der Waals surface area contributed by atoms with E-state index in [1.165, 1.54) is 10.9 Å². The van der Waals surface area contributed by atoms with Gasteiger partial charge >= 0.3 is 0 Å². The molecule has 3 heteroatoms. The highest BCUT2D eigenvalue weighted by Gasteiger charge is 2.10. The van der Waals surface area contributed by atoms with Gasteiger partial charge in [0.05, 0.1) is 6.61 Å². The standard InChI is InChI=1S/C15H22N2O/c1-4-5-9-18-14-8-6-7-13-15(14)12(10-16-13)11-17(2)3/h6-8,10,16H,4-5,9,11H2,1-3H3. The Morgan fingerprint density at radius 3 is 2.83 bits per heavy atom. The van der Waals surface area contributed by atoms with Gasteiger partial charge in [-0.2, -0.15) is 0 Å². The molecule has 0 saturated carbocycles. The lowest BCUT2D eigenvalue weighted by Crippen LogP contribution is -2.10. The average Bonchev–Trinajstić information content (AvgIpc) is 2.73. The number of benzene rings is 1. The number of fused-ring (bicyclic) bond motifs is 1. The van der Waals surface area contributed by atoms with Crippen LogP contribution in [-0.2, 0) is 6.54 Å². The molecule has 1 heterocycles. The van der Waals surface area contributed by atoms with E-state index in [1.807, 2.05) is 6.07 Å². The van der Waals surface area contributed by atoms with Gasteiger partial charge in [0.25, 0.3) is 0 Å². The van der Waals surface area contributed by atoms with Crippen LogP contribution in [-0.4, -0.2) is 30.6 Å². The first-order valence-corrected chi connectivity index (χ1v) is 6.59. The quantitative estimate of drug-likeness (QED) is 0.791. The first kappa shape index (κ1) is 13.0. The smallest absolute Gasteiger partial charge is 0.128 e. The largest absolute Gasteiger partial charge is 0.493 e. The molecule has 2 aromatic rings. The zero-order valence-corrected chi connectivity index (χ0v) is 11.5. The second-order valence-corrected chi connectivity index (χ2v) is 4.93. The van der Waals surface area contributed by atoms with Crippen molar-refractivity contribution in [3.05, 3.63) is 30.0 Å². The van der Waals surface area contributed by atoms with Crippen molar-refractivity contribution in [2.45, 2.75) is 26.3 Å². The molecule has 2 rings (SSSR count). The van der Waals surface area contributed by atoms with E-state index in [0.29, 0.717) is 0 Å². The Balaban J connectivity index is 2.29. The lowest BCUT2D eigenvalue weighted by atomic mass is 10.1. The van der Waals surface area contributed by atoms with E-state index >= 15 is 0 Å². The molecule has 98 valence electrons. The van der Waals surface area contributed by atoms with Crippen molar-refractivity contribution in [1.29, 1.82) is 0 Å². The summed E-state index contributed by atoms with van der Waals surface area (Å²) in [5.74, 6) is 0.999. The SMILES string of the molecule is CCCCOc1cccc2[nH]cc(CN(C)C)c12. The summed E-state index contributed by atoms with van der Waals surface area (Å²) in [6, 6.07) is 6.20. The van der Waals surface area contributed by atoms with Gasteiger partial charge in [-0.1, -0.05) is 19.4 Å². The Morgan fingerprint density at radius 1 is 1.28 bits per heavy atom. The minimum atomic E-state index is 0.794. The molecule has 0 aliphatic rings. The van der Waals surface area contributed by atoms with Gasteiger partial charge in [0.2, 0.25) is 0 Å². The summed E-state index contributed by atoms with van der Waals surface area (Å²) >= 11 is 0. The fourth-order valence-corrected chi connectivity index (χ4v) is 2.13. The molecule has 0 unspecified atom stereocenters. The molecule has 0 atom stereocenters. The van der Waals surface area contributed by atoms with E-state index < -0.39 is 0 Å². The molecule has 0 saturated heterocycles. The first-order chi connectivity index (χ1) is 8.72. The molecular weight excluding hydrogens is 224 g/mol. The highest BCUT2D eigenvalue weighted by molar-refractivity contribution is 5.89. The number of nitrogens with zero attached hydrogens (tertiary/aromatic N) is 1. The van der Waals surface area contributed by atoms with Crippen molar-refractivity contribution in [2.24, 2.45) is 0 Å². The number of hydrogen-bond acceptors (Lipinski definition) is 2. The highest BCUT2D eigenvalue weighted by atomic mass is 16.5. The maximum Gasteiger partial charge on any atom is 0.128 e. The second kappa shape index (κ2) is 5.91. The van der Waals surface area contributed by atoms with E-state index in [1.54, 1.807) is 0 Å². The Morgan fingerprint density at radius 2 is 2.11 bits per heavy atom. The van der Waals surface area contributed by atoms with Crippen molar-refractivity contribution < 1.29 is 4.74 Å². The highest BCUT2D eigenvalue weighted by Crippen LogP contribution is 2.29. The zero-order valence-electron chi connectivity index (χ0n) is 11.5. The summed E-state index contributed by atoms with van der Waals surface area (Å²) in [5.41, 5.74) is 2.45. The molecular formula is C15H22N2O. The summed E-state index contributed by atoms with van der Waals surface area (Å²) in [4.78, 5) is 5.49. The Labute approximate surface area is 109 Å². The number of hydrogen-bond donors (Lipinski definition) is 1. The van der Waals surface area contributed by atoms with Crippen LogP contribution in [0, 0.1) is 0 Å². The van der Waals surface area contributed by atoms with Crippen molar-refractivity contribution in [1.82, 2.24) is 9.88 Å². The molecule has 0 aliphatic carbocycles. The second-order valence-electron chi connectivity index (χ2n) is 4.93. The fraction of sp³-hybridized carbons (Fsp3) is 0.467. The van der Waals surface area contributed by atoms with Crippen molar-refractivity contribution >= 4 is 10.9 Å². The van der Waals surface area contributed by atoms with Gasteiger partial charge in [0, 0.05) is 23.6 Å². The van der Waals surface area contributed by atoms with Crippen LogP contribution in [0.2, 0.25) is 0 Å². The van der Waals surface area contributed by atoms with Crippen molar-refractivity contribution in [3.8, 4) is 5.75 Å². The summed E-state index contributed by atoms with van der Waals surface area (Å²) in [6.45, 7) is 3.90. The zero-order chi connectivity index (χ0) is 13.0. The minimum Gasteiger partial charge on any atom is -0.493 e. The maximum absolute atomic E-state index is 5.90. The minimum absolute atomic E-state index is 0.794. The summed E-state index contributed by atoms with van der Waals surface area (Å²) < 4.78 is 5.90. The molecule has 0 fully saturated rings. The topological polar surface area (TPSA) is 28.3 Å². The van der Waals surface area contributed by atoms with E-state index in [4.69, 9.17) is 4.74 Å². The summed E-state index contributed by atoms with van der Waals surface area (Å²) in [7, 11) is 4.17. The number of nitrogens with one attached hydrogen (secondary N) is 1. The lowest BCUT2D eigenvalue weighted by Gasteiger charge is -2.11. The molecule has 0 amide bonds. The predicted molar refractivity (Wildman–Crippen MR) is 76.1 cm³/mol. The Hall–Kier alpha value is -1.48. The summed E-state index contributed by atoms with van der Waals surface area (Å²) in [6.07, 6.45) is 4.34. The van der Waals surface area contributed by atoms with E-state index in [0.717, 1.165) is 37.3 Å². The number of unbranched alkanes of at least 4 members (excludes halogenated alkanes) is 1. The van der Waals surface area contributed by atoms with Gasteiger partial charge in [-0.05, 0) is 38.2 Å². The molecule has 0 radical (unpaired) electrons. The molecule has 1 aromatic heterocycles. The third kappa shape index (κ3) is 2.85. The number of aromatic amines is 1. The summed E-state index contributed by atoms with van der Waals surface area (Å²) in [5, 5.41) is 1.22. The first-order valence-electron chi connectivity index (χ1n) is 6.59. The van der Waals surface area contributed by atoms with Crippen LogP contribution in [0.15, 0.2) is 24.4 Å². The van der Waals surface area contributed by atoms with Crippen LogP contribution in [0.1, 0.15) is 25.3 Å². The molecule has 0 bridgehead atoms. The third-order valence-electron chi connectivity index (χ3n) is 2.99. The van der Waals surface area contributed by atoms with Gasteiger partial charge in [0.1, 0.15) is 5.75 Å². The number of H-pyrrole nitrogens is 1. The van der Waals surface area contributed by atoms with Crippen LogP contribution in [0.5, 0.6) is 5.75 Å². The molecule has 1 N–H and O–H groups in total. The van der Waals surface area contributed by atoms with Crippen molar-refractivity contribution in [2.75, 3.05) is 20.7 Å². The number of ether oxygens (including phenoxy) is 1. The van der Waals surface area contributed by atoms with Gasteiger partial charge in [-0.3, -0.25) is 0 Å². The monoisotopic (exact) mass is 246 g/mol. The van der Waals surface area contributed by atoms with Crippen LogP contribution in [0.3, 0.4) is 0 Å². The molecule has 3 nitrogen and oxygen atoms in total. The maximum atomic E-state index is 5.90. The van der Waals surface area contributed by atoms with Gasteiger partial charge in [-0.25, -0.2) is 0 Å². The van der Waals surface area contributed by atoms with Crippen LogP contribution in [0.4, 0.5) is 0 Å². The molecule has 0 aliphatic heterocycles. The van der Waals surface area contributed by atoms with Gasteiger partial charge in [0.15, 0.2) is 0 Å². The Bertz CT molecular complexity index is 502. The Kier molecular flexibility index (Phi) is 4.26. The molecule has 18 heavy (non-hydrogen) atoms. The predicted octanol–water partition coefficient (Wildman–Crippen LogP) is 3.41. The normalized spacial score (nSPS) is 11.3. The van der Waals surface area contributed by atoms with Crippen LogP contribution in [0.25, 0.3) is 10.9 Å². The molecule has 1 aromatic carbocycles. The van der Waals surface area contributed by atoms with E-state index in [9.17, 15) is 0 Å². The lowest BCUT2D eigenvalue weighted by molar-refractivity contribution is 0.312. The fourth-order valence-electron chi connectivity index (χ4n) is 2.13. The van der Waals surface area contributed by atoms with Crippen molar-refractivity contribution in [3.63, 3.8) is 0 Å². The van der Waals surface area contributed by atoms with Crippen LogP contribution >= 0.6 is 0 Å². The average molecular weight is 246 g/mol. The molecule has 0 spiro atoms. The number of rotatable bonds is 6. The van der Waals surface area contributed by atoms with E-state index in [-0.39, 0.29) is 0 Å².